The summed E-state index contributed by atoms with van der Waals surface area (Å²) >= 11 is 8.13. The van der Waals surface area contributed by atoms with Crippen molar-refractivity contribution in [1.82, 2.24) is 4.98 Å². The van der Waals surface area contributed by atoms with Crippen LogP contribution >= 0.6 is 34.3 Å². The molecule has 2 aromatic heterocycles. The molecule has 1 N–H and O–H groups in total. The van der Waals surface area contributed by atoms with Crippen LogP contribution in [0.4, 0.5) is 5.13 Å². The van der Waals surface area contributed by atoms with Gasteiger partial charge in [-0.15, -0.1) is 11.3 Å². The van der Waals surface area contributed by atoms with Gasteiger partial charge in [-0.2, -0.15) is 0 Å². The molecule has 0 saturated heterocycles. The third kappa shape index (κ3) is 2.91. The van der Waals surface area contributed by atoms with Crippen LogP contribution < -0.4 is 4.72 Å². The Morgan fingerprint density at radius 2 is 1.95 bits per heavy atom. The SMILES string of the molecule is Cc1cc(C)c2sc(NS(=O)(=O)c3ccc(Cl)s3)nc2c1. The van der Waals surface area contributed by atoms with E-state index in [0.29, 0.717) is 9.47 Å². The number of rotatable bonds is 3. The number of thiophene rings is 1. The fraction of sp³-hybridized carbons (Fsp3) is 0.154. The minimum atomic E-state index is -3.63. The molecule has 8 heteroatoms. The monoisotopic (exact) mass is 358 g/mol. The van der Waals surface area contributed by atoms with E-state index in [9.17, 15) is 8.42 Å². The molecule has 4 nitrogen and oxygen atoms in total. The fourth-order valence-electron chi connectivity index (χ4n) is 2.03. The quantitative estimate of drug-likeness (QED) is 0.753. The second-order valence-electron chi connectivity index (χ2n) is 4.61. The minimum absolute atomic E-state index is 0.180. The predicted octanol–water partition coefficient (Wildman–Crippen LogP) is 4.43. The van der Waals surface area contributed by atoms with E-state index in [0.717, 1.165) is 32.7 Å². The van der Waals surface area contributed by atoms with Gasteiger partial charge in [0.15, 0.2) is 5.13 Å². The van der Waals surface area contributed by atoms with Gasteiger partial charge in [-0.25, -0.2) is 13.4 Å². The number of halogens is 1. The van der Waals surface area contributed by atoms with Crippen LogP contribution in [0.2, 0.25) is 4.34 Å². The van der Waals surface area contributed by atoms with Gasteiger partial charge in [0, 0.05) is 0 Å². The Balaban J connectivity index is 2.00. The van der Waals surface area contributed by atoms with Gasteiger partial charge in [-0.3, -0.25) is 4.72 Å². The van der Waals surface area contributed by atoms with Gasteiger partial charge < -0.3 is 0 Å². The van der Waals surface area contributed by atoms with E-state index in [1.54, 1.807) is 6.07 Å². The maximum Gasteiger partial charge on any atom is 0.273 e. The summed E-state index contributed by atoms with van der Waals surface area (Å²) in [5.74, 6) is 0. The second kappa shape index (κ2) is 5.24. The average Bonchev–Trinajstić information content (AvgIpc) is 2.95. The van der Waals surface area contributed by atoms with Crippen molar-refractivity contribution in [3.63, 3.8) is 0 Å². The summed E-state index contributed by atoms with van der Waals surface area (Å²) in [5, 5.41) is 0.364. The van der Waals surface area contributed by atoms with Crippen molar-refractivity contribution in [2.24, 2.45) is 0 Å². The third-order valence-electron chi connectivity index (χ3n) is 2.86. The lowest BCUT2D eigenvalue weighted by molar-refractivity contribution is 0.603. The number of aryl methyl sites for hydroxylation is 2. The van der Waals surface area contributed by atoms with E-state index in [4.69, 9.17) is 11.6 Å². The summed E-state index contributed by atoms with van der Waals surface area (Å²) in [4.78, 5) is 4.35. The predicted molar refractivity (Wildman–Crippen MR) is 89.2 cm³/mol. The summed E-state index contributed by atoms with van der Waals surface area (Å²) in [7, 11) is -3.63. The first kappa shape index (κ1) is 14.8. The summed E-state index contributed by atoms with van der Waals surface area (Å²) in [5.41, 5.74) is 3.00. The number of aromatic nitrogens is 1. The maximum atomic E-state index is 12.3. The third-order valence-corrected chi connectivity index (χ3v) is 7.17. The van der Waals surface area contributed by atoms with E-state index in [1.807, 2.05) is 19.9 Å². The molecule has 3 aromatic rings. The molecule has 0 aliphatic carbocycles. The van der Waals surface area contributed by atoms with E-state index in [-0.39, 0.29) is 4.21 Å². The van der Waals surface area contributed by atoms with Crippen molar-refractivity contribution in [2.75, 3.05) is 4.72 Å². The molecule has 3 rings (SSSR count). The topological polar surface area (TPSA) is 59.1 Å². The van der Waals surface area contributed by atoms with Crippen molar-refractivity contribution in [3.05, 3.63) is 39.7 Å². The van der Waals surface area contributed by atoms with Gasteiger partial charge in [-0.05, 0) is 43.2 Å². The van der Waals surface area contributed by atoms with E-state index >= 15 is 0 Å². The molecule has 0 radical (unpaired) electrons. The van der Waals surface area contributed by atoms with Crippen molar-refractivity contribution < 1.29 is 8.42 Å². The zero-order valence-electron chi connectivity index (χ0n) is 11.2. The first-order valence-electron chi connectivity index (χ1n) is 6.01. The molecule has 0 fully saturated rings. The first-order valence-corrected chi connectivity index (χ1v) is 9.50. The first-order chi connectivity index (χ1) is 9.85. The van der Waals surface area contributed by atoms with Gasteiger partial charge >= 0.3 is 0 Å². The number of nitrogens with zero attached hydrogens (tertiary/aromatic N) is 1. The summed E-state index contributed by atoms with van der Waals surface area (Å²) in [6, 6.07) is 7.04. The zero-order valence-corrected chi connectivity index (χ0v) is 14.4. The van der Waals surface area contributed by atoms with Gasteiger partial charge in [0.25, 0.3) is 10.0 Å². The number of thiazole rings is 1. The lowest BCUT2D eigenvalue weighted by atomic mass is 10.1. The number of nitrogens with one attached hydrogen (secondary N) is 1. The minimum Gasteiger partial charge on any atom is -0.254 e. The molecule has 0 saturated carbocycles. The van der Waals surface area contributed by atoms with Gasteiger partial charge in [0.05, 0.1) is 14.6 Å². The Morgan fingerprint density at radius 1 is 1.19 bits per heavy atom. The van der Waals surface area contributed by atoms with E-state index in [2.05, 4.69) is 15.8 Å². The van der Waals surface area contributed by atoms with Gasteiger partial charge in [0.2, 0.25) is 0 Å². The molecule has 1 aromatic carbocycles. The number of sulfonamides is 1. The Labute approximate surface area is 135 Å². The summed E-state index contributed by atoms with van der Waals surface area (Å²) < 4.78 is 28.6. The molecule has 0 aliphatic heterocycles. The van der Waals surface area contributed by atoms with Crippen LogP contribution in [-0.2, 0) is 10.0 Å². The van der Waals surface area contributed by atoms with Crippen molar-refractivity contribution in [3.8, 4) is 0 Å². The zero-order chi connectivity index (χ0) is 15.2. The van der Waals surface area contributed by atoms with Crippen LogP contribution in [0.5, 0.6) is 0 Å². The number of benzene rings is 1. The smallest absolute Gasteiger partial charge is 0.254 e. The highest BCUT2D eigenvalue weighted by Gasteiger charge is 2.19. The Bertz CT molecular complexity index is 928. The maximum absolute atomic E-state index is 12.3. The van der Waals surface area contributed by atoms with Crippen molar-refractivity contribution in [1.29, 1.82) is 0 Å². The highest BCUT2D eigenvalue weighted by molar-refractivity contribution is 7.95. The lowest BCUT2D eigenvalue weighted by Crippen LogP contribution is -2.10. The van der Waals surface area contributed by atoms with Crippen LogP contribution in [-0.4, -0.2) is 13.4 Å². The van der Waals surface area contributed by atoms with Crippen LogP contribution in [0.1, 0.15) is 11.1 Å². The molecule has 0 atom stereocenters. The molecular formula is C13H11ClN2O2S3. The number of fused-ring (bicyclic) bond motifs is 1. The van der Waals surface area contributed by atoms with Gasteiger partial charge in [-0.1, -0.05) is 29.0 Å². The summed E-state index contributed by atoms with van der Waals surface area (Å²) in [6.07, 6.45) is 0. The standard InChI is InChI=1S/C13H11ClN2O2S3/c1-7-5-8(2)12-9(6-7)15-13(20-12)16-21(17,18)11-4-3-10(14)19-11/h3-6H,1-2H3,(H,15,16). The highest BCUT2D eigenvalue weighted by Crippen LogP contribution is 2.32. The second-order valence-corrected chi connectivity index (χ2v) is 9.24. The lowest BCUT2D eigenvalue weighted by Gasteiger charge is -2.01. The van der Waals surface area contributed by atoms with E-state index < -0.39 is 10.0 Å². The molecule has 0 amide bonds. The van der Waals surface area contributed by atoms with E-state index in [1.165, 1.54) is 17.4 Å². The normalized spacial score (nSPS) is 12.0. The van der Waals surface area contributed by atoms with Crippen molar-refractivity contribution >= 4 is 59.6 Å². The molecular weight excluding hydrogens is 348 g/mol. The number of hydrogen-bond acceptors (Lipinski definition) is 5. The number of anilines is 1. The largest absolute Gasteiger partial charge is 0.273 e. The van der Waals surface area contributed by atoms with Crippen LogP contribution in [0.3, 0.4) is 0 Å². The van der Waals surface area contributed by atoms with Gasteiger partial charge in [0.1, 0.15) is 4.21 Å². The molecule has 0 spiro atoms. The molecule has 21 heavy (non-hydrogen) atoms. The Hall–Kier alpha value is -1.15. The fourth-order valence-corrected chi connectivity index (χ4v) is 5.66. The molecule has 0 unspecified atom stereocenters. The van der Waals surface area contributed by atoms with Crippen molar-refractivity contribution in [2.45, 2.75) is 18.1 Å². The van der Waals surface area contributed by atoms with Crippen LogP contribution in [0.15, 0.2) is 28.5 Å². The Morgan fingerprint density at radius 3 is 2.62 bits per heavy atom. The average molecular weight is 359 g/mol. The molecule has 0 aliphatic rings. The van der Waals surface area contributed by atoms with Crippen LogP contribution in [0, 0.1) is 13.8 Å². The van der Waals surface area contributed by atoms with Crippen LogP contribution in [0.25, 0.3) is 10.2 Å². The Kier molecular flexibility index (Phi) is 3.69. The molecule has 0 bridgehead atoms. The number of hydrogen-bond donors (Lipinski definition) is 1. The highest BCUT2D eigenvalue weighted by atomic mass is 35.5. The molecule has 2 heterocycles. The summed E-state index contributed by atoms with van der Waals surface area (Å²) in [6.45, 7) is 3.98. The molecule has 110 valence electrons.